The largest absolute Gasteiger partial charge is 0.401 e. The molecule has 0 aromatic carbocycles. The molecular formula is C8H14F3NO2. The fraction of sp³-hybridized carbons (Fsp3) is 1.00. The van der Waals surface area contributed by atoms with Crippen LogP contribution in [0.25, 0.3) is 0 Å². The van der Waals surface area contributed by atoms with Crippen molar-refractivity contribution in [3.63, 3.8) is 0 Å². The maximum atomic E-state index is 11.8. The van der Waals surface area contributed by atoms with Crippen LogP contribution in [0.1, 0.15) is 12.8 Å². The fourth-order valence-corrected chi connectivity index (χ4v) is 1.37. The first-order chi connectivity index (χ1) is 6.41. The molecule has 0 aliphatic carbocycles. The van der Waals surface area contributed by atoms with E-state index in [2.05, 4.69) is 5.32 Å². The quantitative estimate of drug-likeness (QED) is 0.724. The van der Waals surface area contributed by atoms with Gasteiger partial charge in [0.25, 0.3) is 0 Å². The first kappa shape index (κ1) is 11.7. The molecule has 1 saturated heterocycles. The molecule has 1 aliphatic heterocycles. The summed E-state index contributed by atoms with van der Waals surface area (Å²) in [5.41, 5.74) is -1.04. The monoisotopic (exact) mass is 213 g/mol. The van der Waals surface area contributed by atoms with E-state index >= 15 is 0 Å². The molecule has 6 heteroatoms. The van der Waals surface area contributed by atoms with E-state index in [1.165, 1.54) is 0 Å². The van der Waals surface area contributed by atoms with Crippen molar-refractivity contribution in [3.8, 4) is 0 Å². The third-order valence-electron chi connectivity index (χ3n) is 2.20. The SMILES string of the molecule is OC1(CNCC(F)(F)F)CCOCC1. The molecule has 0 amide bonds. The van der Waals surface area contributed by atoms with Crippen LogP contribution in [0.3, 0.4) is 0 Å². The highest BCUT2D eigenvalue weighted by molar-refractivity contribution is 4.83. The van der Waals surface area contributed by atoms with E-state index in [4.69, 9.17) is 4.74 Å². The molecule has 1 aliphatic rings. The number of ether oxygens (including phenoxy) is 1. The van der Waals surface area contributed by atoms with Crippen LogP contribution in [0.4, 0.5) is 13.2 Å². The van der Waals surface area contributed by atoms with Gasteiger partial charge in [-0.25, -0.2) is 0 Å². The number of hydrogen-bond donors (Lipinski definition) is 2. The molecule has 1 fully saturated rings. The predicted octanol–water partition coefficient (Wildman–Crippen LogP) is 0.680. The number of aliphatic hydroxyl groups is 1. The lowest BCUT2D eigenvalue weighted by Crippen LogP contribution is -2.47. The summed E-state index contributed by atoms with van der Waals surface area (Å²) in [5.74, 6) is 0. The Balaban J connectivity index is 2.22. The maximum Gasteiger partial charge on any atom is 0.401 e. The maximum absolute atomic E-state index is 11.8. The summed E-state index contributed by atoms with van der Waals surface area (Å²) in [5, 5.41) is 12.0. The fourth-order valence-electron chi connectivity index (χ4n) is 1.37. The molecule has 0 radical (unpaired) electrons. The Hall–Kier alpha value is -0.330. The summed E-state index contributed by atoms with van der Waals surface area (Å²) in [6.45, 7) is -0.277. The lowest BCUT2D eigenvalue weighted by Gasteiger charge is -2.32. The van der Waals surface area contributed by atoms with Gasteiger partial charge in [-0.05, 0) is 0 Å². The van der Waals surface area contributed by atoms with Gasteiger partial charge in [-0.2, -0.15) is 13.2 Å². The van der Waals surface area contributed by atoms with Crippen LogP contribution >= 0.6 is 0 Å². The van der Waals surface area contributed by atoms with Crippen LogP contribution in [0.5, 0.6) is 0 Å². The highest BCUT2D eigenvalue weighted by atomic mass is 19.4. The van der Waals surface area contributed by atoms with Crippen molar-refractivity contribution in [2.75, 3.05) is 26.3 Å². The Kier molecular flexibility index (Phi) is 3.74. The topological polar surface area (TPSA) is 41.5 Å². The molecule has 0 unspecified atom stereocenters. The van der Waals surface area contributed by atoms with E-state index in [-0.39, 0.29) is 6.54 Å². The minimum Gasteiger partial charge on any atom is -0.388 e. The van der Waals surface area contributed by atoms with E-state index in [9.17, 15) is 18.3 Å². The van der Waals surface area contributed by atoms with E-state index in [1.54, 1.807) is 0 Å². The molecule has 0 aromatic rings. The molecule has 0 saturated carbocycles. The van der Waals surface area contributed by atoms with Crippen LogP contribution in [0.2, 0.25) is 0 Å². The van der Waals surface area contributed by atoms with E-state index < -0.39 is 18.3 Å². The molecule has 1 heterocycles. The smallest absolute Gasteiger partial charge is 0.388 e. The lowest BCUT2D eigenvalue weighted by atomic mass is 9.94. The Morgan fingerprint density at radius 2 is 1.86 bits per heavy atom. The molecule has 0 spiro atoms. The zero-order valence-electron chi connectivity index (χ0n) is 7.73. The Bertz CT molecular complexity index is 178. The van der Waals surface area contributed by atoms with E-state index in [0.29, 0.717) is 26.1 Å². The van der Waals surface area contributed by atoms with Gasteiger partial charge in [0, 0.05) is 32.6 Å². The van der Waals surface area contributed by atoms with Crippen LogP contribution in [0, 0.1) is 0 Å². The predicted molar refractivity (Wildman–Crippen MR) is 43.9 cm³/mol. The average Bonchev–Trinajstić information content (AvgIpc) is 2.02. The standard InChI is InChI=1S/C8H14F3NO2/c9-8(10,11)6-12-5-7(13)1-3-14-4-2-7/h12-13H,1-6H2. The minimum absolute atomic E-state index is 0.0319. The summed E-state index contributed by atoms with van der Waals surface area (Å²) >= 11 is 0. The molecule has 0 bridgehead atoms. The highest BCUT2D eigenvalue weighted by Crippen LogP contribution is 2.20. The Morgan fingerprint density at radius 1 is 1.29 bits per heavy atom. The summed E-state index contributed by atoms with van der Waals surface area (Å²) in [6.07, 6.45) is -3.45. The lowest BCUT2D eigenvalue weighted by molar-refractivity contribution is -0.129. The van der Waals surface area contributed by atoms with Crippen molar-refractivity contribution in [1.82, 2.24) is 5.32 Å². The van der Waals surface area contributed by atoms with Crippen LogP contribution in [-0.2, 0) is 4.74 Å². The average molecular weight is 213 g/mol. The Labute approximate surface area is 80.2 Å². The molecule has 0 aromatic heterocycles. The van der Waals surface area contributed by atoms with Gasteiger partial charge in [0.1, 0.15) is 0 Å². The normalized spacial score (nSPS) is 22.3. The number of halogens is 3. The molecule has 84 valence electrons. The van der Waals surface area contributed by atoms with E-state index in [1.807, 2.05) is 0 Å². The van der Waals surface area contributed by atoms with Crippen molar-refractivity contribution >= 4 is 0 Å². The number of nitrogens with one attached hydrogen (secondary N) is 1. The number of rotatable bonds is 3. The van der Waals surface area contributed by atoms with Crippen LogP contribution in [0.15, 0.2) is 0 Å². The van der Waals surface area contributed by atoms with Gasteiger partial charge >= 0.3 is 6.18 Å². The van der Waals surface area contributed by atoms with Gasteiger partial charge < -0.3 is 15.2 Å². The molecule has 1 rings (SSSR count). The summed E-state index contributed by atoms with van der Waals surface area (Å²) in [7, 11) is 0. The molecule has 0 atom stereocenters. The van der Waals surface area contributed by atoms with Gasteiger partial charge in [0.05, 0.1) is 12.1 Å². The molecule has 14 heavy (non-hydrogen) atoms. The molecule has 3 nitrogen and oxygen atoms in total. The minimum atomic E-state index is -4.22. The second kappa shape index (κ2) is 4.46. The second-order valence-electron chi connectivity index (χ2n) is 3.56. The molecular weight excluding hydrogens is 199 g/mol. The van der Waals surface area contributed by atoms with Gasteiger partial charge in [-0.1, -0.05) is 0 Å². The van der Waals surface area contributed by atoms with Crippen molar-refractivity contribution in [1.29, 1.82) is 0 Å². The third kappa shape index (κ3) is 4.26. The van der Waals surface area contributed by atoms with Gasteiger partial charge in [0.2, 0.25) is 0 Å². The summed E-state index contributed by atoms with van der Waals surface area (Å²) in [6, 6.07) is 0. The van der Waals surface area contributed by atoms with Gasteiger partial charge in [0.15, 0.2) is 0 Å². The highest BCUT2D eigenvalue weighted by Gasteiger charge is 2.32. The van der Waals surface area contributed by atoms with Crippen molar-refractivity contribution in [2.45, 2.75) is 24.6 Å². The first-order valence-corrected chi connectivity index (χ1v) is 4.49. The molecule has 2 N–H and O–H groups in total. The van der Waals surface area contributed by atoms with Gasteiger partial charge in [-0.15, -0.1) is 0 Å². The van der Waals surface area contributed by atoms with Crippen molar-refractivity contribution in [3.05, 3.63) is 0 Å². The number of alkyl halides is 3. The van der Waals surface area contributed by atoms with Gasteiger partial charge in [-0.3, -0.25) is 0 Å². The van der Waals surface area contributed by atoms with Crippen molar-refractivity contribution in [2.24, 2.45) is 0 Å². The van der Waals surface area contributed by atoms with Crippen LogP contribution in [-0.4, -0.2) is 43.2 Å². The second-order valence-corrected chi connectivity index (χ2v) is 3.56. The van der Waals surface area contributed by atoms with E-state index in [0.717, 1.165) is 0 Å². The Morgan fingerprint density at radius 3 is 2.36 bits per heavy atom. The zero-order valence-corrected chi connectivity index (χ0v) is 7.73. The summed E-state index contributed by atoms with van der Waals surface area (Å²) < 4.78 is 40.3. The van der Waals surface area contributed by atoms with Crippen LogP contribution < -0.4 is 5.32 Å². The zero-order chi connectivity index (χ0) is 10.7. The number of hydrogen-bond acceptors (Lipinski definition) is 3. The summed E-state index contributed by atoms with van der Waals surface area (Å²) in [4.78, 5) is 0. The van der Waals surface area contributed by atoms with Crippen molar-refractivity contribution < 1.29 is 23.0 Å². The first-order valence-electron chi connectivity index (χ1n) is 4.49. The third-order valence-corrected chi connectivity index (χ3v) is 2.20.